The highest BCUT2D eigenvalue weighted by atomic mass is 16.5. The van der Waals surface area contributed by atoms with Crippen molar-refractivity contribution in [2.45, 2.75) is 19.8 Å². The Bertz CT molecular complexity index is 89.4. The summed E-state index contributed by atoms with van der Waals surface area (Å²) < 4.78 is 15.7. The summed E-state index contributed by atoms with van der Waals surface area (Å²) in [7, 11) is 0. The summed E-state index contributed by atoms with van der Waals surface area (Å²) in [4.78, 5) is 0. The second-order valence-electron chi connectivity index (χ2n) is 2.92. The Morgan fingerprint density at radius 1 is 0.786 bits per heavy atom. The number of nitrogens with two attached hydrogens (primary N) is 1. The number of rotatable bonds is 11. The first kappa shape index (κ1) is 13.8. The van der Waals surface area contributed by atoms with Gasteiger partial charge in [0.25, 0.3) is 0 Å². The van der Waals surface area contributed by atoms with Crippen LogP contribution in [0.3, 0.4) is 0 Å². The fourth-order valence-electron chi connectivity index (χ4n) is 0.933. The Kier molecular flexibility index (Phi) is 12.7. The molecule has 0 aliphatic rings. The van der Waals surface area contributed by atoms with E-state index < -0.39 is 0 Å². The van der Waals surface area contributed by atoms with Crippen LogP contribution in [0, 0.1) is 0 Å². The maximum atomic E-state index is 5.34. The van der Waals surface area contributed by atoms with Crippen molar-refractivity contribution in [1.82, 2.24) is 0 Å². The van der Waals surface area contributed by atoms with E-state index in [2.05, 4.69) is 0 Å². The van der Waals surface area contributed by atoms with Gasteiger partial charge in [0.15, 0.2) is 0 Å². The molecule has 0 radical (unpaired) electrons. The van der Waals surface area contributed by atoms with Gasteiger partial charge in [-0.2, -0.15) is 0 Å². The van der Waals surface area contributed by atoms with Gasteiger partial charge in [-0.3, -0.25) is 0 Å². The molecule has 4 heteroatoms. The monoisotopic (exact) mass is 205 g/mol. The van der Waals surface area contributed by atoms with Crippen molar-refractivity contribution >= 4 is 0 Å². The summed E-state index contributed by atoms with van der Waals surface area (Å²) in [6, 6.07) is 0. The molecule has 0 aromatic carbocycles. The van der Waals surface area contributed by atoms with Gasteiger partial charge in [0, 0.05) is 13.2 Å². The van der Waals surface area contributed by atoms with Gasteiger partial charge >= 0.3 is 0 Å². The van der Waals surface area contributed by atoms with E-state index in [0.717, 1.165) is 32.6 Å². The molecule has 4 nitrogen and oxygen atoms in total. The van der Waals surface area contributed by atoms with Crippen LogP contribution in [0.5, 0.6) is 0 Å². The van der Waals surface area contributed by atoms with E-state index in [4.69, 9.17) is 19.9 Å². The highest BCUT2D eigenvalue weighted by Crippen LogP contribution is 1.87. The predicted octanol–water partition coefficient (Wildman–Crippen LogP) is 0.795. The Balaban J connectivity index is 2.78. The van der Waals surface area contributed by atoms with Crippen LogP contribution in [0.15, 0.2) is 0 Å². The van der Waals surface area contributed by atoms with Gasteiger partial charge in [0.2, 0.25) is 0 Å². The summed E-state index contributed by atoms with van der Waals surface area (Å²) in [6.45, 7) is 6.88. The standard InChI is InChI=1S/C10H23NO3/c1-2-12-7-8-14-10-9-13-6-4-3-5-11/h2-11H2,1H3. The van der Waals surface area contributed by atoms with Crippen LogP contribution in [-0.2, 0) is 14.2 Å². The smallest absolute Gasteiger partial charge is 0.0701 e. The third-order valence-corrected chi connectivity index (χ3v) is 1.69. The van der Waals surface area contributed by atoms with Crippen LogP contribution < -0.4 is 5.73 Å². The molecule has 86 valence electrons. The number of hydrogen-bond donors (Lipinski definition) is 1. The van der Waals surface area contributed by atoms with Crippen molar-refractivity contribution in [1.29, 1.82) is 0 Å². The average molecular weight is 205 g/mol. The van der Waals surface area contributed by atoms with Gasteiger partial charge in [-0.15, -0.1) is 0 Å². The normalized spacial score (nSPS) is 10.7. The Morgan fingerprint density at radius 3 is 1.93 bits per heavy atom. The van der Waals surface area contributed by atoms with Crippen LogP contribution in [0.1, 0.15) is 19.8 Å². The lowest BCUT2D eigenvalue weighted by atomic mass is 10.3. The fraction of sp³-hybridized carbons (Fsp3) is 1.00. The maximum absolute atomic E-state index is 5.34. The minimum Gasteiger partial charge on any atom is -0.379 e. The third-order valence-electron chi connectivity index (χ3n) is 1.69. The van der Waals surface area contributed by atoms with Gasteiger partial charge in [0.05, 0.1) is 26.4 Å². The van der Waals surface area contributed by atoms with Crippen LogP contribution in [0.4, 0.5) is 0 Å². The molecule has 0 rings (SSSR count). The molecule has 0 bridgehead atoms. The molecule has 0 spiro atoms. The molecule has 0 saturated carbocycles. The molecule has 0 amide bonds. The molecule has 0 saturated heterocycles. The lowest BCUT2D eigenvalue weighted by molar-refractivity contribution is 0.0164. The number of hydrogen-bond acceptors (Lipinski definition) is 4. The van der Waals surface area contributed by atoms with E-state index >= 15 is 0 Å². The molecule has 0 unspecified atom stereocenters. The predicted molar refractivity (Wildman–Crippen MR) is 56.4 cm³/mol. The van der Waals surface area contributed by atoms with Crippen LogP contribution >= 0.6 is 0 Å². The first-order valence-electron chi connectivity index (χ1n) is 5.35. The summed E-state index contributed by atoms with van der Waals surface area (Å²) in [5, 5.41) is 0. The van der Waals surface area contributed by atoms with Gasteiger partial charge in [0.1, 0.15) is 0 Å². The highest BCUT2D eigenvalue weighted by Gasteiger charge is 1.90. The van der Waals surface area contributed by atoms with Gasteiger partial charge < -0.3 is 19.9 Å². The topological polar surface area (TPSA) is 53.7 Å². The Labute approximate surface area is 86.7 Å². The zero-order valence-corrected chi connectivity index (χ0v) is 9.17. The van der Waals surface area contributed by atoms with Gasteiger partial charge in [-0.1, -0.05) is 0 Å². The molecule has 0 atom stereocenters. The van der Waals surface area contributed by atoms with Crippen LogP contribution in [0.25, 0.3) is 0 Å². The second kappa shape index (κ2) is 12.8. The van der Waals surface area contributed by atoms with E-state index in [1.807, 2.05) is 6.92 Å². The lowest BCUT2D eigenvalue weighted by Gasteiger charge is -2.05. The van der Waals surface area contributed by atoms with E-state index in [9.17, 15) is 0 Å². The summed E-state index contributed by atoms with van der Waals surface area (Å²) >= 11 is 0. The van der Waals surface area contributed by atoms with E-state index in [1.165, 1.54) is 0 Å². The van der Waals surface area contributed by atoms with Crippen molar-refractivity contribution < 1.29 is 14.2 Å². The van der Waals surface area contributed by atoms with E-state index in [1.54, 1.807) is 0 Å². The molecule has 2 N–H and O–H groups in total. The van der Waals surface area contributed by atoms with Crippen LogP contribution in [0.2, 0.25) is 0 Å². The van der Waals surface area contributed by atoms with E-state index in [-0.39, 0.29) is 0 Å². The zero-order valence-electron chi connectivity index (χ0n) is 9.17. The summed E-state index contributed by atoms with van der Waals surface area (Å²) in [5.74, 6) is 0. The quantitative estimate of drug-likeness (QED) is 0.507. The third kappa shape index (κ3) is 11.8. The molecule has 0 aromatic rings. The summed E-state index contributed by atoms with van der Waals surface area (Å²) in [6.07, 6.45) is 2.07. The molecule has 0 aliphatic carbocycles. The van der Waals surface area contributed by atoms with Crippen molar-refractivity contribution in [3.05, 3.63) is 0 Å². The molecular weight excluding hydrogens is 182 g/mol. The Hall–Kier alpha value is -0.160. The lowest BCUT2D eigenvalue weighted by Crippen LogP contribution is -2.10. The van der Waals surface area contributed by atoms with Gasteiger partial charge in [-0.25, -0.2) is 0 Å². The Morgan fingerprint density at radius 2 is 1.36 bits per heavy atom. The number of ether oxygens (including phenoxy) is 3. The molecular formula is C10H23NO3. The first-order valence-corrected chi connectivity index (χ1v) is 5.35. The summed E-state index contributed by atoms with van der Waals surface area (Å²) in [5.41, 5.74) is 5.34. The zero-order chi connectivity index (χ0) is 10.5. The van der Waals surface area contributed by atoms with Crippen molar-refractivity contribution in [3.8, 4) is 0 Å². The molecule has 0 aromatic heterocycles. The molecule has 0 aliphatic heterocycles. The minimum atomic E-state index is 0.649. The molecule has 0 heterocycles. The maximum Gasteiger partial charge on any atom is 0.0701 e. The first-order chi connectivity index (χ1) is 6.91. The van der Waals surface area contributed by atoms with Crippen LogP contribution in [-0.4, -0.2) is 46.2 Å². The second-order valence-corrected chi connectivity index (χ2v) is 2.92. The molecule has 0 fully saturated rings. The molecule has 14 heavy (non-hydrogen) atoms. The van der Waals surface area contributed by atoms with Crippen molar-refractivity contribution in [2.75, 3.05) is 46.2 Å². The highest BCUT2D eigenvalue weighted by molar-refractivity contribution is 4.39. The minimum absolute atomic E-state index is 0.649. The fourth-order valence-corrected chi connectivity index (χ4v) is 0.933. The van der Waals surface area contributed by atoms with E-state index in [0.29, 0.717) is 26.4 Å². The van der Waals surface area contributed by atoms with Crippen molar-refractivity contribution in [2.24, 2.45) is 5.73 Å². The SMILES string of the molecule is CCOCCOCCOCCCCN. The average Bonchev–Trinajstić information content (AvgIpc) is 2.21. The number of unbranched alkanes of at least 4 members (excludes halogenated alkanes) is 1. The largest absolute Gasteiger partial charge is 0.379 e. The van der Waals surface area contributed by atoms with Crippen molar-refractivity contribution in [3.63, 3.8) is 0 Å². The van der Waals surface area contributed by atoms with Gasteiger partial charge in [-0.05, 0) is 26.3 Å².